The van der Waals surface area contributed by atoms with Crippen molar-refractivity contribution in [3.63, 3.8) is 0 Å². The van der Waals surface area contributed by atoms with Gasteiger partial charge < -0.3 is 5.84 Å². The molecule has 2 heterocycles. The molecule has 0 saturated carbocycles. The zero-order chi connectivity index (χ0) is 24.6. The maximum atomic E-state index is 12.3. The highest BCUT2D eigenvalue weighted by Crippen LogP contribution is 2.29. The number of hydrogen-bond acceptors (Lipinski definition) is 11. The smallest absolute Gasteiger partial charge is 0.264 e. The number of nitrogens with zero attached hydrogens (tertiary/aromatic N) is 6. The molecular weight excluding hydrogens is 549 g/mol. The number of amides is 1. The van der Waals surface area contributed by atoms with Gasteiger partial charge in [0.2, 0.25) is 16.2 Å². The first-order valence-electron chi connectivity index (χ1n) is 9.85. The molecule has 0 spiro atoms. The van der Waals surface area contributed by atoms with Gasteiger partial charge in [-0.2, -0.15) is 5.10 Å². The Bertz CT molecular complexity index is 1330. The van der Waals surface area contributed by atoms with Crippen LogP contribution in [0.2, 0.25) is 10.0 Å². The first-order chi connectivity index (χ1) is 17.0. The zero-order valence-corrected chi connectivity index (χ0v) is 21.7. The van der Waals surface area contributed by atoms with Gasteiger partial charge in [0.1, 0.15) is 0 Å². The number of carbonyl (C=O) groups is 1. The Morgan fingerprint density at radius 1 is 1.09 bits per heavy atom. The Morgan fingerprint density at radius 3 is 2.71 bits per heavy atom. The Kier molecular flexibility index (Phi) is 8.82. The number of rotatable bonds is 10. The standard InChI is InChI=1S/C20H17Cl2N9OS3/c21-14-6-4-12(5-7-14)10-34-20-30-28-18(35-20)25-16(32)11-33-19-29-27-17(31(19)23)26-24-9-13-2-1-3-15(22)8-13/h1-9H,10-11,23H2,(H,26,27)(H,25,28,32)/b24-9+. The largest absolute Gasteiger partial charge is 0.334 e. The number of nitrogens with one attached hydrogen (secondary N) is 2. The van der Waals surface area contributed by atoms with Crippen LogP contribution in [0.15, 0.2) is 63.1 Å². The molecule has 10 nitrogen and oxygen atoms in total. The molecule has 2 aromatic heterocycles. The molecule has 4 rings (SSSR count). The molecule has 35 heavy (non-hydrogen) atoms. The van der Waals surface area contributed by atoms with Gasteiger partial charge in [-0.3, -0.25) is 10.1 Å². The van der Waals surface area contributed by atoms with E-state index in [9.17, 15) is 4.79 Å². The number of halogens is 2. The Balaban J connectivity index is 1.23. The van der Waals surface area contributed by atoms with E-state index in [2.05, 4.69) is 36.2 Å². The van der Waals surface area contributed by atoms with Crippen LogP contribution in [0, 0.1) is 0 Å². The van der Waals surface area contributed by atoms with E-state index in [1.54, 1.807) is 18.3 Å². The summed E-state index contributed by atoms with van der Waals surface area (Å²) in [6.07, 6.45) is 1.57. The summed E-state index contributed by atoms with van der Waals surface area (Å²) in [6, 6.07) is 14.8. The minimum atomic E-state index is -0.267. The van der Waals surface area contributed by atoms with Gasteiger partial charge in [0.25, 0.3) is 5.95 Å². The van der Waals surface area contributed by atoms with Gasteiger partial charge in [-0.1, -0.05) is 82.3 Å². The summed E-state index contributed by atoms with van der Waals surface area (Å²) in [6.45, 7) is 0. The molecule has 0 radical (unpaired) electrons. The number of anilines is 2. The average Bonchev–Trinajstić information content (AvgIpc) is 3.43. The highest BCUT2D eigenvalue weighted by Gasteiger charge is 2.14. The number of benzene rings is 2. The maximum Gasteiger partial charge on any atom is 0.264 e. The van der Waals surface area contributed by atoms with Crippen molar-refractivity contribution in [1.29, 1.82) is 0 Å². The number of nitrogen functional groups attached to an aromatic ring is 1. The molecule has 0 unspecified atom stereocenters. The van der Waals surface area contributed by atoms with Gasteiger partial charge >= 0.3 is 0 Å². The molecule has 2 aromatic carbocycles. The van der Waals surface area contributed by atoms with Gasteiger partial charge in [-0.25, -0.2) is 10.1 Å². The van der Waals surface area contributed by atoms with Crippen molar-refractivity contribution in [2.24, 2.45) is 5.10 Å². The van der Waals surface area contributed by atoms with E-state index in [1.807, 2.05) is 36.4 Å². The molecule has 0 aliphatic rings. The van der Waals surface area contributed by atoms with Gasteiger partial charge in [0.05, 0.1) is 12.0 Å². The third-order valence-corrected chi connectivity index (χ3v) is 7.63. The predicted octanol–water partition coefficient (Wildman–Crippen LogP) is 4.62. The Hall–Kier alpha value is -2.84. The maximum absolute atomic E-state index is 12.3. The summed E-state index contributed by atoms with van der Waals surface area (Å²) >= 11 is 15.8. The van der Waals surface area contributed by atoms with Crippen LogP contribution < -0.4 is 16.6 Å². The Labute approximate surface area is 222 Å². The number of hydrazone groups is 1. The van der Waals surface area contributed by atoms with Crippen LogP contribution in [0.5, 0.6) is 0 Å². The van der Waals surface area contributed by atoms with Crippen molar-refractivity contribution in [3.05, 3.63) is 69.7 Å². The number of aromatic nitrogens is 5. The summed E-state index contributed by atoms with van der Waals surface area (Å²) in [5.41, 5.74) is 4.63. The van der Waals surface area contributed by atoms with E-state index in [0.29, 0.717) is 20.3 Å². The summed E-state index contributed by atoms with van der Waals surface area (Å²) in [5, 5.41) is 24.9. The first-order valence-corrected chi connectivity index (χ1v) is 13.4. The van der Waals surface area contributed by atoms with Crippen LogP contribution in [0.4, 0.5) is 11.1 Å². The second-order valence-electron chi connectivity index (χ2n) is 6.73. The Morgan fingerprint density at radius 2 is 1.91 bits per heavy atom. The highest BCUT2D eigenvalue weighted by molar-refractivity contribution is 8.00. The number of hydrogen-bond donors (Lipinski definition) is 3. The quantitative estimate of drug-likeness (QED) is 0.0826. The molecule has 15 heteroatoms. The van der Waals surface area contributed by atoms with Crippen LogP contribution in [-0.2, 0) is 10.5 Å². The molecule has 0 bridgehead atoms. The lowest BCUT2D eigenvalue weighted by Crippen LogP contribution is -2.16. The first kappa shape index (κ1) is 25.3. The normalized spacial score (nSPS) is 11.1. The van der Waals surface area contributed by atoms with Crippen LogP contribution in [0.3, 0.4) is 0 Å². The molecule has 0 atom stereocenters. The topological polar surface area (TPSA) is 136 Å². The van der Waals surface area contributed by atoms with Crippen molar-refractivity contribution in [1.82, 2.24) is 25.1 Å². The van der Waals surface area contributed by atoms with E-state index in [4.69, 9.17) is 29.0 Å². The molecule has 0 saturated heterocycles. The molecule has 4 aromatic rings. The molecule has 0 fully saturated rings. The molecule has 180 valence electrons. The third-order valence-electron chi connectivity index (χ3n) is 4.15. The van der Waals surface area contributed by atoms with Crippen molar-refractivity contribution in [3.8, 4) is 0 Å². The van der Waals surface area contributed by atoms with Gasteiger partial charge in [0, 0.05) is 15.8 Å². The second kappa shape index (κ2) is 12.2. The second-order valence-corrected chi connectivity index (χ2v) is 10.7. The SMILES string of the molecule is Nn1c(N/N=C/c2cccc(Cl)c2)nnc1SCC(=O)Nc1nnc(SCc2ccc(Cl)cc2)s1. The molecule has 0 aliphatic carbocycles. The molecule has 1 amide bonds. The monoisotopic (exact) mass is 565 g/mol. The third kappa shape index (κ3) is 7.57. The minimum absolute atomic E-state index is 0.0634. The van der Waals surface area contributed by atoms with Crippen molar-refractivity contribution >= 4 is 81.3 Å². The van der Waals surface area contributed by atoms with E-state index in [0.717, 1.165) is 33.0 Å². The highest BCUT2D eigenvalue weighted by atomic mass is 35.5. The van der Waals surface area contributed by atoms with E-state index in [1.165, 1.54) is 27.8 Å². The predicted molar refractivity (Wildman–Crippen MR) is 143 cm³/mol. The van der Waals surface area contributed by atoms with Crippen molar-refractivity contribution in [2.75, 3.05) is 22.3 Å². The zero-order valence-electron chi connectivity index (χ0n) is 17.8. The van der Waals surface area contributed by atoms with Crippen LogP contribution >= 0.6 is 58.1 Å². The average molecular weight is 567 g/mol. The van der Waals surface area contributed by atoms with Gasteiger partial charge in [-0.15, -0.1) is 20.4 Å². The van der Waals surface area contributed by atoms with E-state index < -0.39 is 0 Å². The van der Waals surface area contributed by atoms with Gasteiger partial charge in [0.15, 0.2) is 4.34 Å². The fraction of sp³-hybridized carbons (Fsp3) is 0.100. The fourth-order valence-corrected chi connectivity index (χ4v) is 5.24. The summed E-state index contributed by atoms with van der Waals surface area (Å²) in [7, 11) is 0. The van der Waals surface area contributed by atoms with Gasteiger partial charge in [-0.05, 0) is 35.4 Å². The van der Waals surface area contributed by atoms with Crippen molar-refractivity contribution < 1.29 is 4.79 Å². The molecular formula is C20H17Cl2N9OS3. The fourth-order valence-electron chi connectivity index (χ4n) is 2.53. The lowest BCUT2D eigenvalue weighted by molar-refractivity contribution is -0.113. The summed E-state index contributed by atoms with van der Waals surface area (Å²) in [5.74, 6) is 6.73. The molecule has 0 aliphatic heterocycles. The van der Waals surface area contributed by atoms with Crippen LogP contribution in [-0.4, -0.2) is 42.9 Å². The lowest BCUT2D eigenvalue weighted by Gasteiger charge is -2.03. The van der Waals surface area contributed by atoms with E-state index in [-0.39, 0.29) is 17.6 Å². The van der Waals surface area contributed by atoms with Crippen molar-refractivity contribution in [2.45, 2.75) is 15.2 Å². The van der Waals surface area contributed by atoms with E-state index >= 15 is 0 Å². The van der Waals surface area contributed by atoms with Crippen LogP contribution in [0.25, 0.3) is 0 Å². The number of thioether (sulfide) groups is 2. The summed E-state index contributed by atoms with van der Waals surface area (Å²) in [4.78, 5) is 12.3. The number of nitrogens with two attached hydrogens (primary N) is 1. The number of carbonyl (C=O) groups excluding carboxylic acids is 1. The lowest BCUT2D eigenvalue weighted by atomic mass is 10.2. The summed E-state index contributed by atoms with van der Waals surface area (Å²) < 4.78 is 1.96. The van der Waals surface area contributed by atoms with Crippen LogP contribution in [0.1, 0.15) is 11.1 Å². The minimum Gasteiger partial charge on any atom is -0.334 e. The molecule has 4 N–H and O–H groups in total.